The fraction of sp³-hybridized carbons (Fsp3) is 0.154. The Morgan fingerprint density at radius 1 is 1.30 bits per heavy atom. The number of hydrogen-bond acceptors (Lipinski definition) is 6. The summed E-state index contributed by atoms with van der Waals surface area (Å²) >= 11 is 0. The minimum Gasteiger partial charge on any atom is -0.478 e. The summed E-state index contributed by atoms with van der Waals surface area (Å²) < 4.78 is 9.33. The molecule has 0 aliphatic heterocycles. The minimum atomic E-state index is -1.32. The van der Waals surface area contributed by atoms with E-state index in [1.54, 1.807) is 18.1 Å². The Balaban J connectivity index is 2.43. The van der Waals surface area contributed by atoms with E-state index in [0.29, 0.717) is 12.2 Å². The average Bonchev–Trinajstić information content (AvgIpc) is 2.43. The van der Waals surface area contributed by atoms with Gasteiger partial charge in [-0.2, -0.15) is 0 Å². The number of hydrogen-bond donors (Lipinski definition) is 1. The number of carboxylic acid groups (broad SMARTS) is 1. The molecule has 7 heteroatoms. The fourth-order valence-corrected chi connectivity index (χ4v) is 1.21. The molecule has 1 atom stereocenters. The first-order valence-electron chi connectivity index (χ1n) is 5.40. The molecule has 0 fully saturated rings. The van der Waals surface area contributed by atoms with Gasteiger partial charge in [-0.05, 0) is 12.2 Å². The second-order valence-electron chi connectivity index (χ2n) is 3.49. The van der Waals surface area contributed by atoms with Crippen LogP contribution in [0, 0.1) is 0 Å². The van der Waals surface area contributed by atoms with E-state index < -0.39 is 30.6 Å². The molecule has 1 aliphatic carbocycles. The highest BCUT2D eigenvalue weighted by Crippen LogP contribution is 2.12. The topological polar surface area (TPSA) is 107 Å². The van der Waals surface area contributed by atoms with Crippen LogP contribution in [0.5, 0.6) is 0 Å². The normalized spacial score (nSPS) is 16.8. The van der Waals surface area contributed by atoms with Crippen molar-refractivity contribution in [3.05, 3.63) is 42.0 Å². The van der Waals surface area contributed by atoms with Gasteiger partial charge in [-0.15, -0.1) is 0 Å². The van der Waals surface area contributed by atoms with Gasteiger partial charge < -0.3 is 14.6 Å². The molecular formula is C13H10O7. The molecular weight excluding hydrogens is 268 g/mol. The lowest BCUT2D eigenvalue weighted by Crippen LogP contribution is -2.23. The predicted molar refractivity (Wildman–Crippen MR) is 65.1 cm³/mol. The van der Waals surface area contributed by atoms with Gasteiger partial charge in [-0.3, -0.25) is 0 Å². The molecule has 0 saturated carbocycles. The van der Waals surface area contributed by atoms with E-state index in [0.717, 1.165) is 0 Å². The van der Waals surface area contributed by atoms with Gasteiger partial charge in [0.25, 0.3) is 0 Å². The first-order valence-corrected chi connectivity index (χ1v) is 5.40. The number of aliphatic carboxylic acids is 1. The zero-order valence-electron chi connectivity index (χ0n) is 10.1. The summed E-state index contributed by atoms with van der Waals surface area (Å²) in [5, 5.41) is 8.27. The standard InChI is InChI=1S/C13H10O7/c14-7-9-3-1-2-4-10(9)20-13(18)8-19-12(17)6-5-11(15)16/h1-6,10H,8H2,(H,15,16)/b6-5-. The van der Waals surface area contributed by atoms with Crippen molar-refractivity contribution < 1.29 is 33.8 Å². The van der Waals surface area contributed by atoms with Crippen molar-refractivity contribution in [3.63, 3.8) is 0 Å². The largest absolute Gasteiger partial charge is 0.478 e. The van der Waals surface area contributed by atoms with Crippen molar-refractivity contribution in [1.82, 2.24) is 0 Å². The van der Waals surface area contributed by atoms with Crippen molar-refractivity contribution in [3.8, 4) is 0 Å². The van der Waals surface area contributed by atoms with Crippen LogP contribution < -0.4 is 0 Å². The van der Waals surface area contributed by atoms with Crippen LogP contribution in [0.15, 0.2) is 42.0 Å². The lowest BCUT2D eigenvalue weighted by atomic mass is 10.1. The van der Waals surface area contributed by atoms with E-state index in [1.165, 1.54) is 12.2 Å². The maximum absolute atomic E-state index is 11.4. The van der Waals surface area contributed by atoms with Crippen LogP contribution in [-0.4, -0.2) is 41.7 Å². The van der Waals surface area contributed by atoms with E-state index in [4.69, 9.17) is 9.84 Å². The Kier molecular flexibility index (Phi) is 5.68. The summed E-state index contributed by atoms with van der Waals surface area (Å²) in [5.74, 6) is -1.56. The van der Waals surface area contributed by atoms with Gasteiger partial charge in [0.1, 0.15) is 5.94 Å². The molecule has 0 aromatic carbocycles. The first kappa shape index (κ1) is 15.1. The fourth-order valence-electron chi connectivity index (χ4n) is 1.21. The Morgan fingerprint density at radius 3 is 2.70 bits per heavy atom. The molecule has 1 unspecified atom stereocenters. The van der Waals surface area contributed by atoms with Gasteiger partial charge in [0.2, 0.25) is 0 Å². The van der Waals surface area contributed by atoms with Crippen LogP contribution in [0.3, 0.4) is 0 Å². The van der Waals surface area contributed by atoms with E-state index in [-0.39, 0.29) is 5.57 Å². The lowest BCUT2D eigenvalue weighted by molar-refractivity contribution is -0.157. The molecule has 104 valence electrons. The SMILES string of the molecule is O=C=C1C=CC=CC1OC(=O)COC(=O)/C=C\C(=O)O. The summed E-state index contributed by atoms with van der Waals surface area (Å²) in [5.41, 5.74) is 0.137. The summed E-state index contributed by atoms with van der Waals surface area (Å²) in [6.07, 6.45) is 6.43. The third-order valence-electron chi connectivity index (χ3n) is 2.05. The molecule has 7 nitrogen and oxygen atoms in total. The van der Waals surface area contributed by atoms with Gasteiger partial charge >= 0.3 is 17.9 Å². The Hall–Kier alpha value is -2.92. The third-order valence-corrected chi connectivity index (χ3v) is 2.05. The van der Waals surface area contributed by atoms with Crippen LogP contribution >= 0.6 is 0 Å². The Bertz CT molecular complexity index is 547. The second kappa shape index (κ2) is 7.50. The number of esters is 2. The van der Waals surface area contributed by atoms with Crippen LogP contribution in [0.4, 0.5) is 0 Å². The van der Waals surface area contributed by atoms with Gasteiger partial charge in [0.15, 0.2) is 12.7 Å². The van der Waals surface area contributed by atoms with Crippen molar-refractivity contribution in [2.75, 3.05) is 6.61 Å². The Labute approximate surface area is 113 Å². The zero-order valence-corrected chi connectivity index (χ0v) is 10.1. The van der Waals surface area contributed by atoms with E-state index in [9.17, 15) is 19.2 Å². The van der Waals surface area contributed by atoms with E-state index in [1.807, 2.05) is 0 Å². The molecule has 20 heavy (non-hydrogen) atoms. The number of ether oxygens (including phenoxy) is 2. The molecule has 0 radical (unpaired) electrons. The third kappa shape index (κ3) is 5.16. The molecule has 0 amide bonds. The Morgan fingerprint density at radius 2 is 2.05 bits per heavy atom. The second-order valence-corrected chi connectivity index (χ2v) is 3.49. The summed E-state index contributed by atoms with van der Waals surface area (Å²) in [4.78, 5) is 43.1. The highest BCUT2D eigenvalue weighted by atomic mass is 16.6. The summed E-state index contributed by atoms with van der Waals surface area (Å²) in [6.45, 7) is -0.691. The molecule has 1 N–H and O–H groups in total. The smallest absolute Gasteiger partial charge is 0.345 e. The first-order chi connectivity index (χ1) is 9.52. The van der Waals surface area contributed by atoms with Crippen molar-refractivity contribution in [2.24, 2.45) is 0 Å². The lowest BCUT2D eigenvalue weighted by Gasteiger charge is -2.14. The van der Waals surface area contributed by atoms with Crippen LogP contribution in [-0.2, 0) is 28.7 Å². The van der Waals surface area contributed by atoms with Gasteiger partial charge in [-0.1, -0.05) is 12.2 Å². The maximum atomic E-state index is 11.4. The number of rotatable bonds is 5. The number of allylic oxidation sites excluding steroid dienone is 2. The van der Waals surface area contributed by atoms with Crippen molar-refractivity contribution in [2.45, 2.75) is 6.10 Å². The molecule has 0 heterocycles. The van der Waals surface area contributed by atoms with Gasteiger partial charge in [0.05, 0.1) is 5.57 Å². The van der Waals surface area contributed by atoms with Crippen LogP contribution in [0.1, 0.15) is 0 Å². The maximum Gasteiger partial charge on any atom is 0.345 e. The quantitative estimate of drug-likeness (QED) is 0.427. The number of carbonyl (C=O) groups is 3. The van der Waals surface area contributed by atoms with Crippen molar-refractivity contribution in [1.29, 1.82) is 0 Å². The van der Waals surface area contributed by atoms with Gasteiger partial charge in [0, 0.05) is 12.2 Å². The predicted octanol–water partition coefficient (Wildman–Crippen LogP) is -0.0338. The van der Waals surface area contributed by atoms with E-state index in [2.05, 4.69) is 4.74 Å². The molecule has 0 spiro atoms. The monoisotopic (exact) mass is 278 g/mol. The molecule has 0 saturated heterocycles. The number of carboxylic acids is 1. The molecule has 0 aromatic rings. The highest BCUT2D eigenvalue weighted by Gasteiger charge is 2.18. The number of carbonyl (C=O) groups excluding carboxylic acids is 3. The van der Waals surface area contributed by atoms with Crippen LogP contribution in [0.2, 0.25) is 0 Å². The van der Waals surface area contributed by atoms with Crippen molar-refractivity contribution >= 4 is 23.8 Å². The van der Waals surface area contributed by atoms with Gasteiger partial charge in [-0.25, -0.2) is 19.2 Å². The molecule has 1 aliphatic rings. The highest BCUT2D eigenvalue weighted by molar-refractivity contribution is 5.91. The summed E-state index contributed by atoms with van der Waals surface area (Å²) in [7, 11) is 0. The summed E-state index contributed by atoms with van der Waals surface area (Å²) in [6, 6.07) is 0. The minimum absolute atomic E-state index is 0.137. The average molecular weight is 278 g/mol. The van der Waals surface area contributed by atoms with E-state index >= 15 is 0 Å². The zero-order chi connectivity index (χ0) is 15.0. The van der Waals surface area contributed by atoms with Crippen LogP contribution in [0.25, 0.3) is 0 Å². The molecule has 1 rings (SSSR count). The molecule has 0 aromatic heterocycles. The molecule has 0 bridgehead atoms.